The highest BCUT2D eigenvalue weighted by molar-refractivity contribution is 9.10. The molecule has 2 rings (SSSR count). The van der Waals surface area contributed by atoms with Gasteiger partial charge in [-0.05, 0) is 34.5 Å². The number of hydrogen-bond donors (Lipinski definition) is 1. The lowest BCUT2D eigenvalue weighted by molar-refractivity contribution is 0.964. The van der Waals surface area contributed by atoms with Crippen molar-refractivity contribution in [3.63, 3.8) is 0 Å². The molecule has 0 aliphatic rings. The Kier molecular flexibility index (Phi) is 3.02. The molecule has 0 amide bonds. The van der Waals surface area contributed by atoms with E-state index in [2.05, 4.69) is 25.9 Å². The molecule has 2 N–H and O–H groups in total. The number of nitrogens with zero attached hydrogens (tertiary/aromatic N) is 3. The van der Waals surface area contributed by atoms with E-state index >= 15 is 0 Å². The number of aryl methyl sites for hydroxylation is 1. The first kappa shape index (κ1) is 11.2. The fourth-order valence-corrected chi connectivity index (χ4v) is 2.17. The fraction of sp³-hybridized carbons (Fsp3) is 0.100. The van der Waals surface area contributed by atoms with Gasteiger partial charge in [0.05, 0.1) is 4.47 Å². The molecule has 4 nitrogen and oxygen atoms in total. The predicted molar refractivity (Wildman–Crippen MR) is 69.7 cm³/mol. The molecule has 2 heterocycles. The first-order valence-corrected chi connectivity index (χ1v) is 5.75. The quantitative estimate of drug-likeness (QED) is 0.861. The highest BCUT2D eigenvalue weighted by Crippen LogP contribution is 2.20. The average molecular weight is 297 g/mol. The normalized spacial score (nSPS) is 10.4. The van der Waals surface area contributed by atoms with Crippen molar-refractivity contribution in [1.29, 1.82) is 0 Å². The number of imidazole rings is 1. The summed E-state index contributed by atoms with van der Waals surface area (Å²) in [4.78, 5) is 8.67. The highest BCUT2D eigenvalue weighted by Gasteiger charge is 2.11. The van der Waals surface area contributed by atoms with Crippen molar-refractivity contribution in [2.24, 2.45) is 5.73 Å². The standard InChI is InChI=1S/C10H9BrN4S/c1-6-4-7(11)9(14-5-6)15-3-2-13-10(15)8(12)16/h2-5H,1H3,(H2,12,16). The van der Waals surface area contributed by atoms with Crippen LogP contribution >= 0.6 is 28.1 Å². The summed E-state index contributed by atoms with van der Waals surface area (Å²) in [6.45, 7) is 1.98. The minimum atomic E-state index is 0.249. The summed E-state index contributed by atoms with van der Waals surface area (Å²) in [5.41, 5.74) is 6.66. The summed E-state index contributed by atoms with van der Waals surface area (Å²) in [6.07, 6.45) is 5.20. The molecular formula is C10H9BrN4S. The van der Waals surface area contributed by atoms with Gasteiger partial charge in [-0.1, -0.05) is 12.2 Å². The molecule has 16 heavy (non-hydrogen) atoms. The van der Waals surface area contributed by atoms with Crippen LogP contribution in [0.5, 0.6) is 0 Å². The van der Waals surface area contributed by atoms with E-state index in [1.165, 1.54) is 0 Å². The molecule has 6 heteroatoms. The van der Waals surface area contributed by atoms with Gasteiger partial charge in [-0.2, -0.15) is 0 Å². The number of rotatable bonds is 2. The second kappa shape index (κ2) is 4.31. The van der Waals surface area contributed by atoms with E-state index in [4.69, 9.17) is 18.0 Å². The molecule has 0 bridgehead atoms. The van der Waals surface area contributed by atoms with Crippen molar-refractivity contribution in [3.8, 4) is 5.82 Å². The number of halogens is 1. The van der Waals surface area contributed by atoms with Crippen LogP contribution in [0, 0.1) is 6.92 Å². The lowest BCUT2D eigenvalue weighted by Crippen LogP contribution is -2.16. The summed E-state index contributed by atoms with van der Waals surface area (Å²) in [6, 6.07) is 1.98. The Morgan fingerprint density at radius 2 is 2.25 bits per heavy atom. The monoisotopic (exact) mass is 296 g/mol. The molecule has 82 valence electrons. The van der Waals surface area contributed by atoms with E-state index in [0.29, 0.717) is 5.82 Å². The SMILES string of the molecule is Cc1cnc(-n2ccnc2C(N)=S)c(Br)c1. The van der Waals surface area contributed by atoms with E-state index in [1.54, 1.807) is 23.2 Å². The zero-order chi connectivity index (χ0) is 11.7. The van der Waals surface area contributed by atoms with Gasteiger partial charge in [0.25, 0.3) is 0 Å². The number of hydrogen-bond acceptors (Lipinski definition) is 3. The van der Waals surface area contributed by atoms with Gasteiger partial charge in [-0.15, -0.1) is 0 Å². The van der Waals surface area contributed by atoms with Crippen molar-refractivity contribution >= 4 is 33.1 Å². The molecule has 0 fully saturated rings. The molecule has 0 aliphatic carbocycles. The largest absolute Gasteiger partial charge is 0.387 e. The van der Waals surface area contributed by atoms with E-state index in [1.807, 2.05) is 13.0 Å². The van der Waals surface area contributed by atoms with Crippen LogP contribution in [-0.2, 0) is 0 Å². The summed E-state index contributed by atoms with van der Waals surface area (Å²) < 4.78 is 2.63. The van der Waals surface area contributed by atoms with Gasteiger partial charge in [0.15, 0.2) is 11.6 Å². The van der Waals surface area contributed by atoms with Crippen LogP contribution in [0.1, 0.15) is 11.4 Å². The third kappa shape index (κ3) is 1.98. The number of pyridine rings is 1. The second-order valence-corrected chi connectivity index (χ2v) is 4.60. The first-order valence-electron chi connectivity index (χ1n) is 4.55. The van der Waals surface area contributed by atoms with Crippen LogP contribution in [0.15, 0.2) is 29.1 Å². The summed E-state index contributed by atoms with van der Waals surface area (Å²) in [5, 5.41) is 0. The summed E-state index contributed by atoms with van der Waals surface area (Å²) in [5.74, 6) is 1.26. The van der Waals surface area contributed by atoms with Crippen LogP contribution in [0.4, 0.5) is 0 Å². The maximum absolute atomic E-state index is 5.58. The molecule has 0 saturated carbocycles. The highest BCUT2D eigenvalue weighted by atomic mass is 79.9. The molecule has 0 saturated heterocycles. The van der Waals surface area contributed by atoms with Crippen LogP contribution < -0.4 is 5.73 Å². The van der Waals surface area contributed by atoms with Gasteiger partial charge >= 0.3 is 0 Å². The van der Waals surface area contributed by atoms with Crippen LogP contribution in [0.25, 0.3) is 5.82 Å². The Hall–Kier alpha value is -1.27. The van der Waals surface area contributed by atoms with E-state index in [9.17, 15) is 0 Å². The molecular weight excluding hydrogens is 288 g/mol. The zero-order valence-electron chi connectivity index (χ0n) is 8.51. The smallest absolute Gasteiger partial charge is 0.173 e. The van der Waals surface area contributed by atoms with Crippen molar-refractivity contribution in [3.05, 3.63) is 40.5 Å². The van der Waals surface area contributed by atoms with Crippen molar-refractivity contribution < 1.29 is 0 Å². The number of nitrogens with two attached hydrogens (primary N) is 1. The molecule has 0 spiro atoms. The Labute approximate surface area is 107 Å². The zero-order valence-corrected chi connectivity index (χ0v) is 10.9. The molecule has 0 radical (unpaired) electrons. The van der Waals surface area contributed by atoms with Crippen molar-refractivity contribution in [2.75, 3.05) is 0 Å². The Bertz CT molecular complexity index is 550. The number of aromatic nitrogens is 3. The molecule has 0 unspecified atom stereocenters. The molecule has 2 aromatic heterocycles. The van der Waals surface area contributed by atoms with Gasteiger partial charge in [0, 0.05) is 18.6 Å². The fourth-order valence-electron chi connectivity index (χ4n) is 1.36. The van der Waals surface area contributed by atoms with Crippen LogP contribution in [0.2, 0.25) is 0 Å². The van der Waals surface area contributed by atoms with Crippen molar-refractivity contribution in [1.82, 2.24) is 14.5 Å². The number of thiocarbonyl (C=S) groups is 1. The van der Waals surface area contributed by atoms with Gasteiger partial charge in [-0.3, -0.25) is 4.57 Å². The third-order valence-electron chi connectivity index (χ3n) is 2.05. The minimum absolute atomic E-state index is 0.249. The van der Waals surface area contributed by atoms with Crippen LogP contribution in [0.3, 0.4) is 0 Å². The van der Waals surface area contributed by atoms with E-state index < -0.39 is 0 Å². The summed E-state index contributed by atoms with van der Waals surface area (Å²) in [7, 11) is 0. The predicted octanol–water partition coefficient (Wildman–Crippen LogP) is 1.97. The van der Waals surface area contributed by atoms with E-state index in [-0.39, 0.29) is 4.99 Å². The third-order valence-corrected chi connectivity index (χ3v) is 2.81. The Morgan fingerprint density at radius 1 is 1.50 bits per heavy atom. The van der Waals surface area contributed by atoms with Gasteiger partial charge in [0.2, 0.25) is 0 Å². The maximum Gasteiger partial charge on any atom is 0.173 e. The maximum atomic E-state index is 5.58. The van der Waals surface area contributed by atoms with Crippen LogP contribution in [-0.4, -0.2) is 19.5 Å². The minimum Gasteiger partial charge on any atom is -0.387 e. The van der Waals surface area contributed by atoms with Gasteiger partial charge in [0.1, 0.15) is 4.99 Å². The molecule has 0 aromatic carbocycles. The second-order valence-electron chi connectivity index (χ2n) is 3.30. The Morgan fingerprint density at radius 3 is 2.88 bits per heavy atom. The molecule has 0 aliphatic heterocycles. The molecule has 2 aromatic rings. The topological polar surface area (TPSA) is 56.7 Å². The first-order chi connectivity index (χ1) is 7.59. The summed E-state index contributed by atoms with van der Waals surface area (Å²) >= 11 is 8.38. The lowest BCUT2D eigenvalue weighted by atomic mass is 10.3. The molecule has 0 atom stereocenters. The Balaban J connectivity index is 2.59. The van der Waals surface area contributed by atoms with Crippen molar-refractivity contribution in [2.45, 2.75) is 6.92 Å². The average Bonchev–Trinajstić information content (AvgIpc) is 2.66. The lowest BCUT2D eigenvalue weighted by Gasteiger charge is -2.08. The van der Waals surface area contributed by atoms with E-state index in [0.717, 1.165) is 15.9 Å². The van der Waals surface area contributed by atoms with Gasteiger partial charge < -0.3 is 5.73 Å². The van der Waals surface area contributed by atoms with Gasteiger partial charge in [-0.25, -0.2) is 9.97 Å².